The van der Waals surface area contributed by atoms with Crippen LogP contribution in [0.4, 0.5) is 11.4 Å². The summed E-state index contributed by atoms with van der Waals surface area (Å²) in [5.74, 6) is 0. The SMILES string of the molecule is CN(C)CC1CC(O)CN1c1ccc(S(C)(=O)=O)cc1N. The molecule has 0 amide bonds. The summed E-state index contributed by atoms with van der Waals surface area (Å²) in [5, 5.41) is 9.92. The minimum atomic E-state index is -3.27. The first kappa shape index (κ1) is 16.1. The molecule has 0 aromatic heterocycles. The van der Waals surface area contributed by atoms with Gasteiger partial charge in [0.05, 0.1) is 22.4 Å². The smallest absolute Gasteiger partial charge is 0.175 e. The second-order valence-electron chi connectivity index (χ2n) is 5.95. The van der Waals surface area contributed by atoms with Crippen LogP contribution in [0.3, 0.4) is 0 Å². The lowest BCUT2D eigenvalue weighted by Crippen LogP contribution is -2.38. The van der Waals surface area contributed by atoms with Crippen LogP contribution in [0.1, 0.15) is 6.42 Å². The van der Waals surface area contributed by atoms with E-state index in [0.717, 1.165) is 18.5 Å². The van der Waals surface area contributed by atoms with Gasteiger partial charge in [0.25, 0.3) is 0 Å². The van der Waals surface area contributed by atoms with Crippen LogP contribution in [0.2, 0.25) is 0 Å². The molecule has 7 heteroatoms. The van der Waals surface area contributed by atoms with Crippen LogP contribution in [-0.2, 0) is 9.84 Å². The van der Waals surface area contributed by atoms with Crippen LogP contribution in [0.15, 0.2) is 23.1 Å². The van der Waals surface area contributed by atoms with Gasteiger partial charge in [0.2, 0.25) is 0 Å². The van der Waals surface area contributed by atoms with Gasteiger partial charge in [-0.15, -0.1) is 0 Å². The van der Waals surface area contributed by atoms with Gasteiger partial charge in [-0.3, -0.25) is 0 Å². The Balaban J connectivity index is 2.32. The number of rotatable bonds is 4. The number of hydrogen-bond acceptors (Lipinski definition) is 6. The summed E-state index contributed by atoms with van der Waals surface area (Å²) < 4.78 is 23.1. The Bertz CT molecular complexity index is 616. The summed E-state index contributed by atoms with van der Waals surface area (Å²) in [7, 11) is 0.705. The number of nitrogens with two attached hydrogens (primary N) is 1. The average molecular weight is 313 g/mol. The lowest BCUT2D eigenvalue weighted by Gasteiger charge is -2.29. The van der Waals surface area contributed by atoms with Crippen molar-refractivity contribution >= 4 is 21.2 Å². The van der Waals surface area contributed by atoms with Crippen molar-refractivity contribution in [2.24, 2.45) is 0 Å². The Morgan fingerprint density at radius 3 is 2.62 bits per heavy atom. The fraction of sp³-hybridized carbons (Fsp3) is 0.571. The fourth-order valence-electron chi connectivity index (χ4n) is 2.81. The van der Waals surface area contributed by atoms with Crippen LogP contribution in [0, 0.1) is 0 Å². The Morgan fingerprint density at radius 1 is 1.43 bits per heavy atom. The van der Waals surface area contributed by atoms with Gasteiger partial charge >= 0.3 is 0 Å². The van der Waals surface area contributed by atoms with Crippen molar-refractivity contribution in [3.05, 3.63) is 18.2 Å². The molecule has 2 atom stereocenters. The van der Waals surface area contributed by atoms with Gasteiger partial charge in [-0.2, -0.15) is 0 Å². The molecule has 1 aliphatic heterocycles. The zero-order valence-electron chi connectivity index (χ0n) is 12.7. The highest BCUT2D eigenvalue weighted by atomic mass is 32.2. The number of sulfone groups is 1. The molecule has 1 saturated heterocycles. The van der Waals surface area contributed by atoms with E-state index in [1.54, 1.807) is 12.1 Å². The molecule has 3 N–H and O–H groups in total. The van der Waals surface area contributed by atoms with Crippen molar-refractivity contribution in [1.29, 1.82) is 0 Å². The number of anilines is 2. The van der Waals surface area contributed by atoms with Crippen LogP contribution in [0.5, 0.6) is 0 Å². The number of aliphatic hydroxyl groups excluding tert-OH is 1. The van der Waals surface area contributed by atoms with E-state index in [9.17, 15) is 13.5 Å². The third kappa shape index (κ3) is 3.66. The normalized spacial score (nSPS) is 23.0. The Hall–Kier alpha value is -1.31. The highest BCUT2D eigenvalue weighted by Gasteiger charge is 2.32. The average Bonchev–Trinajstić information content (AvgIpc) is 2.67. The standard InChI is InChI=1S/C14H23N3O3S/c1-16(2)8-10-6-11(18)9-17(10)14-5-4-12(7-13(14)15)21(3,19)20/h4-5,7,10-11,18H,6,8-9,15H2,1-3H3. The van der Waals surface area contributed by atoms with Crippen molar-refractivity contribution < 1.29 is 13.5 Å². The number of aliphatic hydroxyl groups is 1. The maximum Gasteiger partial charge on any atom is 0.175 e. The van der Waals surface area contributed by atoms with Gasteiger partial charge in [-0.05, 0) is 38.7 Å². The number of nitrogens with zero attached hydrogens (tertiary/aromatic N) is 2. The molecule has 0 bridgehead atoms. The molecule has 0 spiro atoms. The summed E-state index contributed by atoms with van der Waals surface area (Å²) in [4.78, 5) is 4.34. The lowest BCUT2D eigenvalue weighted by atomic mass is 10.1. The van der Waals surface area contributed by atoms with Crippen LogP contribution >= 0.6 is 0 Å². The molecule has 2 rings (SSSR count). The first-order valence-electron chi connectivity index (χ1n) is 6.87. The second-order valence-corrected chi connectivity index (χ2v) is 7.97. The van der Waals surface area contributed by atoms with E-state index < -0.39 is 9.84 Å². The topological polar surface area (TPSA) is 86.9 Å². The number of β-amino-alcohol motifs (C(OH)–C–C–N with tert-alkyl or cyclic N) is 1. The maximum atomic E-state index is 11.6. The van der Waals surface area contributed by atoms with Gasteiger partial charge in [0.1, 0.15) is 0 Å². The molecule has 1 aliphatic rings. The molecule has 118 valence electrons. The van der Waals surface area contributed by atoms with Crippen molar-refractivity contribution in [1.82, 2.24) is 4.90 Å². The molecule has 1 aromatic rings. The predicted molar refractivity (Wildman–Crippen MR) is 84.3 cm³/mol. The summed E-state index contributed by atoms with van der Waals surface area (Å²) in [6.45, 7) is 1.32. The molecular formula is C14H23N3O3S. The highest BCUT2D eigenvalue weighted by molar-refractivity contribution is 7.90. The monoisotopic (exact) mass is 313 g/mol. The summed E-state index contributed by atoms with van der Waals surface area (Å²) in [5.41, 5.74) is 7.24. The van der Waals surface area contributed by atoms with Crippen molar-refractivity contribution in [2.45, 2.75) is 23.5 Å². The second kappa shape index (κ2) is 5.82. The van der Waals surface area contributed by atoms with Gasteiger partial charge in [0, 0.05) is 25.4 Å². The molecule has 0 radical (unpaired) electrons. The molecule has 2 unspecified atom stereocenters. The fourth-order valence-corrected chi connectivity index (χ4v) is 3.46. The predicted octanol–water partition coefficient (Wildman–Crippen LogP) is 0.174. The molecule has 1 fully saturated rings. The third-order valence-electron chi connectivity index (χ3n) is 3.70. The third-order valence-corrected chi connectivity index (χ3v) is 4.82. The van der Waals surface area contributed by atoms with E-state index in [0.29, 0.717) is 18.7 Å². The van der Waals surface area contributed by atoms with Gasteiger partial charge < -0.3 is 20.6 Å². The van der Waals surface area contributed by atoms with Crippen LogP contribution < -0.4 is 10.6 Å². The van der Waals surface area contributed by atoms with Crippen LogP contribution in [-0.4, -0.2) is 64.0 Å². The van der Waals surface area contributed by atoms with E-state index in [-0.39, 0.29) is 17.0 Å². The van der Waals surface area contributed by atoms with Crippen molar-refractivity contribution in [2.75, 3.05) is 44.1 Å². The van der Waals surface area contributed by atoms with E-state index in [4.69, 9.17) is 5.73 Å². The van der Waals surface area contributed by atoms with E-state index in [1.807, 2.05) is 14.1 Å². The first-order valence-corrected chi connectivity index (χ1v) is 8.76. The Labute approximate surface area is 126 Å². The molecule has 21 heavy (non-hydrogen) atoms. The van der Waals surface area contributed by atoms with Gasteiger partial charge in [-0.25, -0.2) is 8.42 Å². The van der Waals surface area contributed by atoms with Gasteiger partial charge in [-0.1, -0.05) is 0 Å². The maximum absolute atomic E-state index is 11.6. The van der Waals surface area contributed by atoms with Crippen molar-refractivity contribution in [3.63, 3.8) is 0 Å². The minimum absolute atomic E-state index is 0.168. The quantitative estimate of drug-likeness (QED) is 0.771. The summed E-state index contributed by atoms with van der Waals surface area (Å²) in [6.07, 6.45) is 1.46. The van der Waals surface area contributed by atoms with E-state index in [2.05, 4.69) is 9.80 Å². The molecule has 6 nitrogen and oxygen atoms in total. The summed E-state index contributed by atoms with van der Waals surface area (Å²) >= 11 is 0. The molecule has 1 aromatic carbocycles. The highest BCUT2D eigenvalue weighted by Crippen LogP contribution is 2.32. The van der Waals surface area contributed by atoms with E-state index >= 15 is 0 Å². The van der Waals surface area contributed by atoms with Crippen molar-refractivity contribution in [3.8, 4) is 0 Å². The van der Waals surface area contributed by atoms with Crippen LogP contribution in [0.25, 0.3) is 0 Å². The Morgan fingerprint density at radius 2 is 2.10 bits per heavy atom. The molecule has 0 aliphatic carbocycles. The lowest BCUT2D eigenvalue weighted by molar-refractivity contribution is 0.191. The molecule has 1 heterocycles. The Kier molecular flexibility index (Phi) is 4.46. The zero-order valence-corrected chi connectivity index (χ0v) is 13.5. The number of nitrogen functional groups attached to an aromatic ring is 1. The van der Waals surface area contributed by atoms with Gasteiger partial charge in [0.15, 0.2) is 9.84 Å². The number of hydrogen-bond donors (Lipinski definition) is 2. The minimum Gasteiger partial charge on any atom is -0.397 e. The first-order chi connectivity index (χ1) is 9.68. The number of likely N-dealkylation sites (N-methyl/N-ethyl adjacent to an activating group) is 1. The molecule has 0 saturated carbocycles. The zero-order chi connectivity index (χ0) is 15.8. The number of benzene rings is 1. The summed E-state index contributed by atoms with van der Waals surface area (Å²) in [6, 6.07) is 4.95. The molecular weight excluding hydrogens is 290 g/mol. The largest absolute Gasteiger partial charge is 0.397 e. The van der Waals surface area contributed by atoms with E-state index in [1.165, 1.54) is 6.07 Å².